The third kappa shape index (κ3) is 13.8. The lowest BCUT2D eigenvalue weighted by molar-refractivity contribution is 0.0210. The number of nitrogens with one attached hydrogen (secondary N) is 3. The zero-order valence-corrected chi connectivity index (χ0v) is 34.6. The first-order chi connectivity index (χ1) is 28.3. The molecule has 1 aliphatic carbocycles. The van der Waals surface area contributed by atoms with Gasteiger partial charge in [-0.25, -0.2) is 14.4 Å². The number of hydrogen-bond acceptors (Lipinski definition) is 12. The molecule has 0 saturated heterocycles. The summed E-state index contributed by atoms with van der Waals surface area (Å²) in [6, 6.07) is 20.9. The van der Waals surface area contributed by atoms with Gasteiger partial charge in [0.1, 0.15) is 6.10 Å². The number of ether oxygens (including phenoxy) is 3. The Bertz CT molecular complexity index is 1780. The predicted octanol–water partition coefficient (Wildman–Crippen LogP) is 11.3. The molecule has 2 unspecified atom stereocenters. The van der Waals surface area contributed by atoms with Crippen LogP contribution in [-0.2, 0) is 14.2 Å². The van der Waals surface area contributed by atoms with Crippen molar-refractivity contribution >= 4 is 52.8 Å². The van der Waals surface area contributed by atoms with Crippen LogP contribution in [0.5, 0.6) is 0 Å². The summed E-state index contributed by atoms with van der Waals surface area (Å²) in [5, 5.41) is 9.65. The molecule has 3 N–H and O–H groups in total. The van der Waals surface area contributed by atoms with Gasteiger partial charge < -0.3 is 30.2 Å². The van der Waals surface area contributed by atoms with Gasteiger partial charge in [0.2, 0.25) is 17.8 Å². The highest BCUT2D eigenvalue weighted by molar-refractivity contribution is 5.91. The summed E-state index contributed by atoms with van der Waals surface area (Å²) in [4.78, 5) is 52.3. The van der Waals surface area contributed by atoms with E-state index in [1.54, 1.807) is 72.8 Å². The lowest BCUT2D eigenvalue weighted by Crippen LogP contribution is -2.20. The first kappa shape index (κ1) is 43.6. The van der Waals surface area contributed by atoms with Crippen LogP contribution < -0.4 is 16.0 Å². The molecule has 0 radical (unpaired) electrons. The van der Waals surface area contributed by atoms with Gasteiger partial charge in [0.25, 0.3) is 0 Å². The third-order valence-corrected chi connectivity index (χ3v) is 10.6. The third-order valence-electron chi connectivity index (χ3n) is 10.6. The summed E-state index contributed by atoms with van der Waals surface area (Å²) < 4.78 is 17.0. The van der Waals surface area contributed by atoms with E-state index in [0.29, 0.717) is 58.8 Å². The normalized spacial score (nSPS) is 13.9. The molecule has 12 nitrogen and oxygen atoms in total. The number of carbonyl (C=O) groups is 3. The molecule has 1 fully saturated rings. The van der Waals surface area contributed by atoms with E-state index >= 15 is 0 Å². The van der Waals surface area contributed by atoms with Crippen LogP contribution in [0.3, 0.4) is 0 Å². The fourth-order valence-corrected chi connectivity index (χ4v) is 6.75. The Morgan fingerprint density at radius 3 is 1.26 bits per heavy atom. The second-order valence-electron chi connectivity index (χ2n) is 15.1. The molecule has 5 rings (SSSR count). The van der Waals surface area contributed by atoms with Gasteiger partial charge in [0, 0.05) is 17.1 Å². The number of rotatable bonds is 22. The molecular formula is C46H60N6O6. The summed E-state index contributed by atoms with van der Waals surface area (Å²) in [7, 11) is 0. The molecule has 0 aliphatic heterocycles. The lowest BCUT2D eigenvalue weighted by Gasteiger charge is -2.21. The SMILES string of the molecule is CCCCC(CC)COC(=O)c1ccc(Nc2nc(Nc3ccc(C(=O)OCC(CC)CCCC)cc3)nc(Nc3ccc(C(=O)OC4CCCCC4)cc3)n2)cc1. The number of esters is 3. The largest absolute Gasteiger partial charge is 0.462 e. The van der Waals surface area contributed by atoms with E-state index in [1.807, 2.05) is 0 Å². The van der Waals surface area contributed by atoms with Crippen LogP contribution in [-0.4, -0.2) is 52.2 Å². The molecule has 3 aromatic carbocycles. The van der Waals surface area contributed by atoms with Crippen LogP contribution in [0.2, 0.25) is 0 Å². The number of aromatic nitrogens is 3. The van der Waals surface area contributed by atoms with Gasteiger partial charge in [-0.1, -0.05) is 72.6 Å². The number of anilines is 6. The molecule has 2 atom stereocenters. The van der Waals surface area contributed by atoms with Crippen molar-refractivity contribution in [3.8, 4) is 0 Å². The Morgan fingerprint density at radius 1 is 0.552 bits per heavy atom. The topological polar surface area (TPSA) is 154 Å². The highest BCUT2D eigenvalue weighted by atomic mass is 16.5. The van der Waals surface area contributed by atoms with Crippen molar-refractivity contribution < 1.29 is 28.6 Å². The first-order valence-electron chi connectivity index (χ1n) is 21.2. The Labute approximate surface area is 343 Å². The summed E-state index contributed by atoms with van der Waals surface area (Å²) in [6.45, 7) is 9.38. The van der Waals surface area contributed by atoms with Gasteiger partial charge in [0.05, 0.1) is 29.9 Å². The Balaban J connectivity index is 1.28. The zero-order chi connectivity index (χ0) is 41.1. The highest BCUT2D eigenvalue weighted by Gasteiger charge is 2.19. The van der Waals surface area contributed by atoms with Crippen molar-refractivity contribution in [2.75, 3.05) is 29.2 Å². The van der Waals surface area contributed by atoms with Crippen LogP contribution in [0.15, 0.2) is 72.8 Å². The maximum absolute atomic E-state index is 12.8. The van der Waals surface area contributed by atoms with Crippen molar-refractivity contribution in [2.45, 2.75) is 117 Å². The number of nitrogens with zero attached hydrogens (tertiary/aromatic N) is 3. The smallest absolute Gasteiger partial charge is 0.338 e. The second kappa shape index (κ2) is 23.0. The number of benzene rings is 3. The number of hydrogen-bond donors (Lipinski definition) is 3. The standard InChI is InChI=1S/C46H60N6O6/c1-5-9-14-32(7-3)30-56-41(53)34-18-24-37(25-19-34)47-44-50-45(48-38-26-20-35(21-27-38)42(54)57-31-33(8-4)15-10-6-2)52-46(51-44)49-39-28-22-36(23-29-39)43(55)58-40-16-12-11-13-17-40/h18-29,32-33,40H,5-17,30-31H2,1-4H3,(H3,47,48,49,50,51,52). The first-order valence-corrected chi connectivity index (χ1v) is 21.2. The van der Waals surface area contributed by atoms with Crippen molar-refractivity contribution in [3.05, 3.63) is 89.5 Å². The summed E-state index contributed by atoms with van der Waals surface area (Å²) >= 11 is 0. The van der Waals surface area contributed by atoms with Crippen molar-refractivity contribution in [3.63, 3.8) is 0 Å². The molecule has 1 aliphatic rings. The Kier molecular flexibility index (Phi) is 17.3. The van der Waals surface area contributed by atoms with Crippen molar-refractivity contribution in [1.29, 1.82) is 0 Å². The minimum atomic E-state index is -0.357. The number of carbonyl (C=O) groups excluding carboxylic acids is 3. The molecule has 4 aromatic rings. The van der Waals surface area contributed by atoms with Gasteiger partial charge in [-0.05, 0) is 123 Å². The molecule has 310 valence electrons. The molecule has 58 heavy (non-hydrogen) atoms. The Morgan fingerprint density at radius 2 is 0.914 bits per heavy atom. The summed E-state index contributed by atoms with van der Waals surface area (Å²) in [5.41, 5.74) is 3.34. The maximum Gasteiger partial charge on any atom is 0.338 e. The Hall–Kier alpha value is -5.52. The average molecular weight is 793 g/mol. The molecule has 0 bridgehead atoms. The van der Waals surface area contributed by atoms with E-state index in [9.17, 15) is 14.4 Å². The minimum Gasteiger partial charge on any atom is -0.462 e. The van der Waals surface area contributed by atoms with E-state index in [2.05, 4.69) is 58.6 Å². The quantitative estimate of drug-likeness (QED) is 0.0512. The van der Waals surface area contributed by atoms with Gasteiger partial charge in [-0.2, -0.15) is 15.0 Å². The molecular weight excluding hydrogens is 733 g/mol. The monoisotopic (exact) mass is 792 g/mol. The van der Waals surface area contributed by atoms with E-state index in [4.69, 9.17) is 14.2 Å². The van der Waals surface area contributed by atoms with Crippen LogP contribution in [0, 0.1) is 11.8 Å². The minimum absolute atomic E-state index is 0.0288. The molecule has 1 heterocycles. The van der Waals surface area contributed by atoms with E-state index in [1.165, 1.54) is 6.42 Å². The van der Waals surface area contributed by atoms with E-state index < -0.39 is 0 Å². The van der Waals surface area contributed by atoms with Crippen molar-refractivity contribution in [1.82, 2.24) is 15.0 Å². The second-order valence-corrected chi connectivity index (χ2v) is 15.1. The molecule has 1 saturated carbocycles. The van der Waals surface area contributed by atoms with Crippen LogP contribution in [0.4, 0.5) is 34.9 Å². The lowest BCUT2D eigenvalue weighted by atomic mass is 9.98. The van der Waals surface area contributed by atoms with Gasteiger partial charge in [-0.15, -0.1) is 0 Å². The highest BCUT2D eigenvalue weighted by Crippen LogP contribution is 2.25. The average Bonchev–Trinajstić information content (AvgIpc) is 3.24. The van der Waals surface area contributed by atoms with Gasteiger partial charge in [-0.3, -0.25) is 0 Å². The van der Waals surface area contributed by atoms with Crippen molar-refractivity contribution in [2.24, 2.45) is 11.8 Å². The van der Waals surface area contributed by atoms with Crippen LogP contribution in [0.1, 0.15) is 142 Å². The maximum atomic E-state index is 12.8. The van der Waals surface area contributed by atoms with Crippen LogP contribution >= 0.6 is 0 Å². The molecule has 1 aromatic heterocycles. The summed E-state index contributed by atoms with van der Waals surface area (Å²) in [5.74, 6) is 0.372. The zero-order valence-electron chi connectivity index (χ0n) is 34.6. The fourth-order valence-electron chi connectivity index (χ4n) is 6.75. The summed E-state index contributed by atoms with van der Waals surface area (Å²) in [6.07, 6.45) is 13.6. The molecule has 12 heteroatoms. The van der Waals surface area contributed by atoms with E-state index in [0.717, 1.165) is 77.0 Å². The molecule has 0 spiro atoms. The van der Waals surface area contributed by atoms with E-state index in [-0.39, 0.29) is 41.9 Å². The molecule has 0 amide bonds. The van der Waals surface area contributed by atoms with Gasteiger partial charge >= 0.3 is 17.9 Å². The fraction of sp³-hybridized carbons (Fsp3) is 0.478. The number of unbranched alkanes of at least 4 members (excludes halogenated alkanes) is 2. The predicted molar refractivity (Wildman–Crippen MR) is 228 cm³/mol. The van der Waals surface area contributed by atoms with Gasteiger partial charge in [0.15, 0.2) is 0 Å². The van der Waals surface area contributed by atoms with Crippen LogP contribution in [0.25, 0.3) is 0 Å².